The zero-order valence-corrected chi connectivity index (χ0v) is 19.9. The van der Waals surface area contributed by atoms with Crippen LogP contribution in [0.4, 0.5) is 4.79 Å². The number of carbonyl (C=O) groups excluding carboxylic acids is 2. The molecule has 0 spiro atoms. The number of urea groups is 1. The van der Waals surface area contributed by atoms with E-state index in [1.165, 1.54) is 4.90 Å². The molecule has 0 fully saturated rings. The summed E-state index contributed by atoms with van der Waals surface area (Å²) in [6, 6.07) is 11.4. The molecule has 0 radical (unpaired) electrons. The lowest BCUT2D eigenvalue weighted by atomic mass is 9.99. The average molecular weight is 459 g/mol. The fourth-order valence-electron chi connectivity index (χ4n) is 3.47. The van der Waals surface area contributed by atoms with Gasteiger partial charge in [0.25, 0.3) is 0 Å². The van der Waals surface area contributed by atoms with Crippen molar-refractivity contribution in [3.05, 3.63) is 48.0 Å². The van der Waals surface area contributed by atoms with E-state index in [-0.39, 0.29) is 25.4 Å². The molecule has 33 heavy (non-hydrogen) atoms. The number of hydrogen-bond acceptors (Lipinski definition) is 5. The molecular weight excluding hydrogens is 424 g/mol. The molecule has 0 aliphatic rings. The van der Waals surface area contributed by atoms with Crippen molar-refractivity contribution in [2.24, 2.45) is 5.92 Å². The largest absolute Gasteiger partial charge is 0.480 e. The first-order valence-electron chi connectivity index (χ1n) is 11.0. The Labute approximate surface area is 194 Å². The number of hydrogen-bond donors (Lipinski definition) is 3. The molecular formula is C25H34N2O6. The smallest absolute Gasteiger partial charge is 0.337 e. The topological polar surface area (TPSA) is 116 Å². The van der Waals surface area contributed by atoms with Crippen molar-refractivity contribution in [3.63, 3.8) is 0 Å². The van der Waals surface area contributed by atoms with Crippen LogP contribution in [0.1, 0.15) is 40.2 Å². The molecule has 2 amide bonds. The van der Waals surface area contributed by atoms with Crippen molar-refractivity contribution in [1.82, 2.24) is 10.2 Å². The van der Waals surface area contributed by atoms with E-state index in [9.17, 15) is 24.6 Å². The van der Waals surface area contributed by atoms with E-state index < -0.39 is 35.7 Å². The van der Waals surface area contributed by atoms with E-state index in [4.69, 9.17) is 4.74 Å². The second-order valence-electron chi connectivity index (χ2n) is 9.53. The molecule has 0 heterocycles. The summed E-state index contributed by atoms with van der Waals surface area (Å²) in [6.45, 7) is 8.73. The highest BCUT2D eigenvalue weighted by Crippen LogP contribution is 2.20. The quantitative estimate of drug-likeness (QED) is 0.497. The zero-order valence-electron chi connectivity index (χ0n) is 19.9. The van der Waals surface area contributed by atoms with Gasteiger partial charge in [-0.05, 0) is 43.0 Å². The number of carboxylic acids is 1. The number of nitrogens with one attached hydrogen (secondary N) is 1. The standard InChI is InChI=1S/C25H34N2O6/c1-16(2)14-27(15-21(28)23(31)33-25(3,4)5)24(32)26-20(22(29)30)13-18-11-8-10-17-9-6-7-12-19(17)18/h6-12,16,20-21,28H,13-15H2,1-5H3,(H,26,32)(H,29,30)/t20-,21?/m0/s1. The number of nitrogens with zero attached hydrogens (tertiary/aromatic N) is 1. The number of fused-ring (bicyclic) bond motifs is 1. The monoisotopic (exact) mass is 458 g/mol. The number of aliphatic hydroxyl groups is 1. The Morgan fingerprint density at radius 1 is 1.03 bits per heavy atom. The van der Waals surface area contributed by atoms with Crippen molar-refractivity contribution >= 4 is 28.7 Å². The summed E-state index contributed by atoms with van der Waals surface area (Å²) in [4.78, 5) is 38.4. The molecule has 2 atom stereocenters. The average Bonchev–Trinajstić information content (AvgIpc) is 2.71. The SMILES string of the molecule is CC(C)CN(CC(O)C(=O)OC(C)(C)C)C(=O)N[C@@H](Cc1cccc2ccccc12)C(=O)O. The maximum Gasteiger partial charge on any atom is 0.337 e. The lowest BCUT2D eigenvalue weighted by Gasteiger charge is -2.29. The van der Waals surface area contributed by atoms with Gasteiger partial charge in [0.15, 0.2) is 6.10 Å². The molecule has 180 valence electrons. The van der Waals surface area contributed by atoms with Crippen LogP contribution >= 0.6 is 0 Å². The Kier molecular flexibility index (Phi) is 8.82. The normalized spacial score (nSPS) is 13.4. The zero-order chi connectivity index (χ0) is 24.8. The Morgan fingerprint density at radius 2 is 1.67 bits per heavy atom. The summed E-state index contributed by atoms with van der Waals surface area (Å²) in [5, 5.41) is 24.5. The van der Waals surface area contributed by atoms with Gasteiger partial charge in [0.05, 0.1) is 6.54 Å². The number of rotatable bonds is 9. The van der Waals surface area contributed by atoms with Crippen molar-refractivity contribution < 1.29 is 29.3 Å². The van der Waals surface area contributed by atoms with Crippen LogP contribution in [0.3, 0.4) is 0 Å². The second-order valence-corrected chi connectivity index (χ2v) is 9.53. The first kappa shape index (κ1) is 26.1. The van der Waals surface area contributed by atoms with E-state index in [1.54, 1.807) is 20.8 Å². The van der Waals surface area contributed by atoms with Crippen LogP contribution in [0.15, 0.2) is 42.5 Å². The molecule has 2 aromatic rings. The molecule has 3 N–H and O–H groups in total. The van der Waals surface area contributed by atoms with Gasteiger partial charge in [0, 0.05) is 13.0 Å². The number of esters is 1. The molecule has 8 nitrogen and oxygen atoms in total. The van der Waals surface area contributed by atoms with Gasteiger partial charge in [-0.2, -0.15) is 0 Å². The highest BCUT2D eigenvalue weighted by Gasteiger charge is 2.29. The summed E-state index contributed by atoms with van der Waals surface area (Å²) < 4.78 is 5.18. The van der Waals surface area contributed by atoms with Gasteiger partial charge in [-0.15, -0.1) is 0 Å². The first-order valence-corrected chi connectivity index (χ1v) is 11.0. The summed E-state index contributed by atoms with van der Waals surface area (Å²) in [7, 11) is 0. The number of aliphatic hydroxyl groups excluding tert-OH is 1. The molecule has 0 aliphatic heterocycles. The van der Waals surface area contributed by atoms with Crippen molar-refractivity contribution in [1.29, 1.82) is 0 Å². The van der Waals surface area contributed by atoms with Crippen LogP contribution in [0, 0.1) is 5.92 Å². The lowest BCUT2D eigenvalue weighted by Crippen LogP contribution is -2.52. The third-order valence-electron chi connectivity index (χ3n) is 4.84. The maximum absolute atomic E-state index is 13.0. The number of amides is 2. The van der Waals surface area contributed by atoms with Crippen molar-refractivity contribution in [2.75, 3.05) is 13.1 Å². The summed E-state index contributed by atoms with van der Waals surface area (Å²) >= 11 is 0. The molecule has 2 aromatic carbocycles. The molecule has 0 aliphatic carbocycles. The van der Waals surface area contributed by atoms with Gasteiger partial charge in [-0.3, -0.25) is 0 Å². The minimum Gasteiger partial charge on any atom is -0.480 e. The number of aliphatic carboxylic acids is 1. The van der Waals surface area contributed by atoms with E-state index in [2.05, 4.69) is 5.32 Å². The third kappa shape index (κ3) is 8.05. The van der Waals surface area contributed by atoms with E-state index in [1.807, 2.05) is 56.3 Å². The van der Waals surface area contributed by atoms with Crippen LogP contribution in [0.25, 0.3) is 10.8 Å². The maximum atomic E-state index is 13.0. The fourth-order valence-corrected chi connectivity index (χ4v) is 3.47. The first-order chi connectivity index (χ1) is 15.4. The Morgan fingerprint density at radius 3 is 2.27 bits per heavy atom. The van der Waals surface area contributed by atoms with Crippen LogP contribution in [0.5, 0.6) is 0 Å². The summed E-state index contributed by atoms with van der Waals surface area (Å²) in [5.41, 5.74) is 0.0146. The highest BCUT2D eigenvalue weighted by molar-refractivity contribution is 5.88. The minimum absolute atomic E-state index is 0.0305. The molecule has 1 unspecified atom stereocenters. The summed E-state index contributed by atoms with van der Waals surface area (Å²) in [6.07, 6.45) is -1.46. The van der Waals surface area contributed by atoms with Crippen molar-refractivity contribution in [3.8, 4) is 0 Å². The Hall–Kier alpha value is -3.13. The Balaban J connectivity index is 2.17. The van der Waals surface area contributed by atoms with E-state index >= 15 is 0 Å². The third-order valence-corrected chi connectivity index (χ3v) is 4.84. The predicted molar refractivity (Wildman–Crippen MR) is 126 cm³/mol. The highest BCUT2D eigenvalue weighted by atomic mass is 16.6. The second kappa shape index (κ2) is 11.1. The van der Waals surface area contributed by atoms with E-state index in [0.29, 0.717) is 0 Å². The number of carboxylic acid groups (broad SMARTS) is 1. The van der Waals surface area contributed by atoms with Gasteiger partial charge in [0.1, 0.15) is 11.6 Å². The molecule has 2 rings (SSSR count). The van der Waals surface area contributed by atoms with Gasteiger partial charge in [-0.1, -0.05) is 56.3 Å². The summed E-state index contributed by atoms with van der Waals surface area (Å²) in [5.74, 6) is -1.98. The van der Waals surface area contributed by atoms with Crippen LogP contribution in [0.2, 0.25) is 0 Å². The van der Waals surface area contributed by atoms with Crippen LogP contribution in [-0.2, 0) is 20.7 Å². The van der Waals surface area contributed by atoms with Gasteiger partial charge >= 0.3 is 18.0 Å². The van der Waals surface area contributed by atoms with Gasteiger partial charge in [0.2, 0.25) is 0 Å². The van der Waals surface area contributed by atoms with E-state index in [0.717, 1.165) is 16.3 Å². The molecule has 0 saturated carbocycles. The van der Waals surface area contributed by atoms with Gasteiger partial charge < -0.3 is 25.2 Å². The van der Waals surface area contributed by atoms with Gasteiger partial charge in [-0.25, -0.2) is 14.4 Å². The number of carbonyl (C=O) groups is 3. The lowest BCUT2D eigenvalue weighted by molar-refractivity contribution is -0.165. The van der Waals surface area contributed by atoms with Crippen molar-refractivity contribution in [2.45, 2.75) is 58.8 Å². The minimum atomic E-state index is -1.55. The van der Waals surface area contributed by atoms with Crippen LogP contribution in [-0.4, -0.2) is 63.9 Å². The number of benzene rings is 2. The molecule has 0 bridgehead atoms. The fraction of sp³-hybridized carbons (Fsp3) is 0.480. The molecule has 0 aromatic heterocycles. The van der Waals surface area contributed by atoms with Crippen LogP contribution < -0.4 is 5.32 Å². The molecule has 0 saturated heterocycles. The Bertz CT molecular complexity index is 977. The molecule has 8 heteroatoms. The number of ether oxygens (including phenoxy) is 1. The predicted octanol–water partition coefficient (Wildman–Crippen LogP) is 3.21.